The van der Waals surface area contributed by atoms with Crippen LogP contribution in [-0.4, -0.2) is 84.5 Å². The molecular weight excluding hydrogens is 498 g/mol. The molecule has 1 aliphatic heterocycles. The molecule has 2 N–H and O–H groups in total. The molecule has 4 heterocycles. The van der Waals surface area contributed by atoms with Crippen molar-refractivity contribution < 1.29 is 9.53 Å². The summed E-state index contributed by atoms with van der Waals surface area (Å²) < 4.78 is 6.65. The number of aromatic amines is 1. The SMILES string of the molecule is CN(C)CCNC(=O)c1cccc(-c2cc3nc(-c4cccc5[nH]ncc45)nc(N4CCOCC4)c3s2)c1. The first-order valence-corrected chi connectivity index (χ1v) is 13.5. The Kier molecular flexibility index (Phi) is 6.75. The van der Waals surface area contributed by atoms with E-state index in [4.69, 9.17) is 14.7 Å². The first-order chi connectivity index (χ1) is 18.6. The number of likely N-dealkylation sites (N-methyl/N-ethyl adjacent to an activating group) is 1. The Bertz CT molecular complexity index is 1600. The Hall–Kier alpha value is -3.86. The lowest BCUT2D eigenvalue weighted by Crippen LogP contribution is -2.36. The summed E-state index contributed by atoms with van der Waals surface area (Å²) in [5.41, 5.74) is 4.41. The van der Waals surface area contributed by atoms with Crippen molar-refractivity contribution in [3.8, 4) is 21.8 Å². The van der Waals surface area contributed by atoms with Crippen LogP contribution in [0.1, 0.15) is 10.4 Å². The molecule has 1 amide bonds. The number of nitrogens with one attached hydrogen (secondary N) is 2. The van der Waals surface area contributed by atoms with Crippen molar-refractivity contribution in [2.75, 3.05) is 58.4 Å². The molecule has 2 aromatic carbocycles. The predicted molar refractivity (Wildman–Crippen MR) is 152 cm³/mol. The van der Waals surface area contributed by atoms with Crippen LogP contribution in [0.2, 0.25) is 0 Å². The normalized spacial score (nSPS) is 14.0. The largest absolute Gasteiger partial charge is 0.378 e. The van der Waals surface area contributed by atoms with Gasteiger partial charge in [0.05, 0.1) is 35.1 Å². The Morgan fingerprint density at radius 2 is 1.97 bits per heavy atom. The number of anilines is 1. The zero-order chi connectivity index (χ0) is 26.1. The lowest BCUT2D eigenvalue weighted by molar-refractivity contribution is 0.0951. The van der Waals surface area contributed by atoms with Gasteiger partial charge in [-0.2, -0.15) is 5.10 Å². The number of hydrogen-bond acceptors (Lipinski definition) is 8. The summed E-state index contributed by atoms with van der Waals surface area (Å²) in [4.78, 5) is 28.2. The van der Waals surface area contributed by atoms with E-state index in [9.17, 15) is 4.79 Å². The fraction of sp³-hybridized carbons (Fsp3) is 0.286. The minimum absolute atomic E-state index is 0.0703. The van der Waals surface area contributed by atoms with Crippen molar-refractivity contribution in [3.05, 3.63) is 60.3 Å². The summed E-state index contributed by atoms with van der Waals surface area (Å²) in [5.74, 6) is 1.52. The van der Waals surface area contributed by atoms with E-state index < -0.39 is 0 Å². The number of nitrogens with zero attached hydrogens (tertiary/aromatic N) is 5. The second-order valence-corrected chi connectivity index (χ2v) is 10.6. The Labute approximate surface area is 224 Å². The first kappa shape index (κ1) is 24.5. The van der Waals surface area contributed by atoms with E-state index in [2.05, 4.69) is 26.5 Å². The molecule has 0 atom stereocenters. The van der Waals surface area contributed by atoms with Gasteiger partial charge in [0.15, 0.2) is 11.6 Å². The number of amides is 1. The molecule has 0 unspecified atom stereocenters. The van der Waals surface area contributed by atoms with E-state index in [1.807, 2.05) is 67.7 Å². The Morgan fingerprint density at radius 1 is 1.13 bits per heavy atom. The molecule has 9 nitrogen and oxygen atoms in total. The maximum atomic E-state index is 12.8. The highest BCUT2D eigenvalue weighted by molar-refractivity contribution is 7.22. The number of carbonyl (C=O) groups is 1. The minimum atomic E-state index is -0.0703. The number of thiophene rings is 1. The standard InChI is InChI=1S/C28H29N7O2S/c1-34(2)10-9-29-28(36)19-6-3-5-18(15-19)24-16-23-25(38-24)27(35-11-13-37-14-12-35)32-26(31-23)20-7-4-8-22-21(20)17-30-33-22/h3-8,15-17H,9-14H2,1-2H3,(H,29,36)(H,30,33). The van der Waals surface area contributed by atoms with Crippen LogP contribution in [0.5, 0.6) is 0 Å². The van der Waals surface area contributed by atoms with Gasteiger partial charge in [0.2, 0.25) is 0 Å². The molecule has 3 aromatic heterocycles. The molecule has 5 aromatic rings. The van der Waals surface area contributed by atoms with Crippen LogP contribution in [0.15, 0.2) is 54.7 Å². The lowest BCUT2D eigenvalue weighted by Gasteiger charge is -2.28. The highest BCUT2D eigenvalue weighted by Crippen LogP contribution is 2.39. The van der Waals surface area contributed by atoms with E-state index in [-0.39, 0.29) is 5.91 Å². The van der Waals surface area contributed by atoms with Gasteiger partial charge in [-0.25, -0.2) is 9.97 Å². The van der Waals surface area contributed by atoms with Crippen LogP contribution in [0, 0.1) is 0 Å². The van der Waals surface area contributed by atoms with E-state index in [0.29, 0.717) is 31.1 Å². The van der Waals surface area contributed by atoms with Gasteiger partial charge in [-0.1, -0.05) is 24.3 Å². The average molecular weight is 528 g/mol. The Balaban J connectivity index is 1.41. The molecule has 1 saturated heterocycles. The minimum Gasteiger partial charge on any atom is -0.378 e. The lowest BCUT2D eigenvalue weighted by atomic mass is 10.1. The maximum absolute atomic E-state index is 12.8. The molecule has 0 spiro atoms. The van der Waals surface area contributed by atoms with E-state index in [1.165, 1.54) is 0 Å². The third kappa shape index (κ3) is 4.85. The fourth-order valence-corrected chi connectivity index (χ4v) is 5.75. The van der Waals surface area contributed by atoms with Gasteiger partial charge in [-0.3, -0.25) is 9.89 Å². The molecule has 1 fully saturated rings. The molecule has 194 valence electrons. The molecule has 38 heavy (non-hydrogen) atoms. The summed E-state index contributed by atoms with van der Waals surface area (Å²) in [6.07, 6.45) is 1.82. The van der Waals surface area contributed by atoms with Crippen LogP contribution < -0.4 is 10.2 Å². The smallest absolute Gasteiger partial charge is 0.251 e. The van der Waals surface area contributed by atoms with Gasteiger partial charge in [0.1, 0.15) is 0 Å². The summed E-state index contributed by atoms with van der Waals surface area (Å²) in [6, 6.07) is 15.9. The molecular formula is C28H29N7O2S. The van der Waals surface area contributed by atoms with Gasteiger partial charge in [-0.05, 0) is 43.9 Å². The third-order valence-electron chi connectivity index (χ3n) is 6.64. The fourth-order valence-electron chi connectivity index (χ4n) is 4.64. The number of rotatable bonds is 7. The number of benzene rings is 2. The summed E-state index contributed by atoms with van der Waals surface area (Å²) in [7, 11) is 3.98. The monoisotopic (exact) mass is 527 g/mol. The van der Waals surface area contributed by atoms with Gasteiger partial charge in [0.25, 0.3) is 5.91 Å². The number of fused-ring (bicyclic) bond motifs is 2. The number of aromatic nitrogens is 4. The van der Waals surface area contributed by atoms with E-state index >= 15 is 0 Å². The van der Waals surface area contributed by atoms with Crippen LogP contribution in [0.3, 0.4) is 0 Å². The zero-order valence-corrected chi connectivity index (χ0v) is 22.2. The van der Waals surface area contributed by atoms with Crippen LogP contribution in [0.4, 0.5) is 5.82 Å². The molecule has 0 saturated carbocycles. The predicted octanol–water partition coefficient (Wildman–Crippen LogP) is 4.03. The zero-order valence-electron chi connectivity index (χ0n) is 21.4. The number of ether oxygens (including phenoxy) is 1. The van der Waals surface area contributed by atoms with Gasteiger partial charge < -0.3 is 19.9 Å². The highest BCUT2D eigenvalue weighted by atomic mass is 32.1. The van der Waals surface area contributed by atoms with Crippen molar-refractivity contribution in [1.29, 1.82) is 0 Å². The number of H-pyrrole nitrogens is 1. The molecule has 10 heteroatoms. The molecule has 1 aliphatic rings. The summed E-state index contributed by atoms with van der Waals surface area (Å²) >= 11 is 1.66. The van der Waals surface area contributed by atoms with Gasteiger partial charge >= 0.3 is 0 Å². The van der Waals surface area contributed by atoms with Crippen molar-refractivity contribution in [1.82, 2.24) is 30.4 Å². The summed E-state index contributed by atoms with van der Waals surface area (Å²) in [6.45, 7) is 4.28. The van der Waals surface area contributed by atoms with Gasteiger partial charge in [0, 0.05) is 47.6 Å². The molecule has 6 rings (SSSR count). The van der Waals surface area contributed by atoms with Gasteiger partial charge in [-0.15, -0.1) is 11.3 Å². The molecule has 0 radical (unpaired) electrons. The van der Waals surface area contributed by atoms with Crippen molar-refractivity contribution >= 4 is 44.2 Å². The van der Waals surface area contributed by atoms with Crippen molar-refractivity contribution in [2.24, 2.45) is 0 Å². The van der Waals surface area contributed by atoms with Crippen LogP contribution >= 0.6 is 11.3 Å². The third-order valence-corrected chi connectivity index (χ3v) is 7.81. The average Bonchev–Trinajstić information content (AvgIpc) is 3.60. The second-order valence-electron chi connectivity index (χ2n) is 9.57. The molecule has 0 aliphatic carbocycles. The maximum Gasteiger partial charge on any atom is 0.251 e. The van der Waals surface area contributed by atoms with Crippen molar-refractivity contribution in [3.63, 3.8) is 0 Å². The first-order valence-electron chi connectivity index (χ1n) is 12.7. The second kappa shape index (κ2) is 10.5. The Morgan fingerprint density at radius 3 is 2.82 bits per heavy atom. The molecule has 0 bridgehead atoms. The summed E-state index contributed by atoms with van der Waals surface area (Å²) in [5, 5.41) is 11.2. The number of carbonyl (C=O) groups excluding carboxylic acids is 1. The van der Waals surface area contributed by atoms with Crippen LogP contribution in [-0.2, 0) is 4.74 Å². The van der Waals surface area contributed by atoms with E-state index in [1.54, 1.807) is 11.3 Å². The van der Waals surface area contributed by atoms with E-state index in [0.717, 1.165) is 62.6 Å². The number of hydrogen-bond donors (Lipinski definition) is 2. The quantitative estimate of drug-likeness (QED) is 0.330. The highest BCUT2D eigenvalue weighted by Gasteiger charge is 2.21. The van der Waals surface area contributed by atoms with Crippen molar-refractivity contribution in [2.45, 2.75) is 0 Å². The van der Waals surface area contributed by atoms with Crippen LogP contribution in [0.25, 0.3) is 42.9 Å². The number of morpholine rings is 1. The topological polar surface area (TPSA) is 99.3 Å².